The molecule has 0 atom stereocenters. The zero-order valence-corrected chi connectivity index (χ0v) is 17.2. The van der Waals surface area contributed by atoms with E-state index in [1.165, 1.54) is 22.3 Å². The van der Waals surface area contributed by atoms with Gasteiger partial charge in [0.25, 0.3) is 10.0 Å². The Morgan fingerprint density at radius 2 is 1.82 bits per heavy atom. The molecule has 7 nitrogen and oxygen atoms in total. The van der Waals surface area contributed by atoms with Crippen molar-refractivity contribution in [3.63, 3.8) is 0 Å². The molecule has 0 saturated heterocycles. The molecule has 150 valence electrons. The summed E-state index contributed by atoms with van der Waals surface area (Å²) in [7, 11) is -3.99. The number of thiocarbonyl (C=S) groups is 1. The lowest BCUT2D eigenvalue weighted by Gasteiger charge is -2.20. The monoisotopic (exact) mass is 420 g/mol. The molecule has 3 aliphatic rings. The molecule has 0 bridgehead atoms. The van der Waals surface area contributed by atoms with E-state index in [0.717, 1.165) is 56.8 Å². The van der Waals surface area contributed by atoms with Crippen LogP contribution in [-0.4, -0.2) is 32.6 Å². The maximum Gasteiger partial charge on any atom is 0.270 e. The van der Waals surface area contributed by atoms with Crippen molar-refractivity contribution in [1.29, 1.82) is 0 Å². The average molecular weight is 421 g/mol. The number of benzene rings is 1. The Labute approximate surface area is 170 Å². The molecule has 0 saturated carbocycles. The van der Waals surface area contributed by atoms with Gasteiger partial charge >= 0.3 is 0 Å². The third-order valence-corrected chi connectivity index (χ3v) is 7.08. The Kier molecular flexibility index (Phi) is 5.29. The normalized spacial score (nSPS) is 18.7. The van der Waals surface area contributed by atoms with Crippen LogP contribution in [0.1, 0.15) is 41.5 Å². The van der Waals surface area contributed by atoms with Crippen LogP contribution in [0.4, 0.5) is 5.69 Å². The maximum atomic E-state index is 12.8. The number of anilines is 1. The van der Waals surface area contributed by atoms with Crippen molar-refractivity contribution >= 4 is 38.9 Å². The lowest BCUT2D eigenvalue weighted by Crippen LogP contribution is -2.38. The quantitative estimate of drug-likeness (QED) is 0.643. The number of nitrogens with one attached hydrogen (secondary N) is 2. The molecular weight excluding hydrogens is 396 g/mol. The maximum absolute atomic E-state index is 12.8. The summed E-state index contributed by atoms with van der Waals surface area (Å²) in [5, 5.41) is 3.21. The minimum Gasteiger partial charge on any atom is -0.477 e. The molecule has 0 unspecified atom stereocenters. The number of fused-ring (bicyclic) bond motifs is 2. The number of sulfonamides is 1. The smallest absolute Gasteiger partial charge is 0.270 e. The summed E-state index contributed by atoms with van der Waals surface area (Å²) in [5.41, 5.74) is 11.8. The van der Waals surface area contributed by atoms with Crippen molar-refractivity contribution in [1.82, 2.24) is 4.72 Å². The minimum absolute atomic E-state index is 0.0326. The summed E-state index contributed by atoms with van der Waals surface area (Å²) in [5.74, 6) is 0.0329. The van der Waals surface area contributed by atoms with E-state index >= 15 is 0 Å². The molecule has 0 radical (unpaired) electrons. The molecule has 4 rings (SSSR count). The molecule has 9 heteroatoms. The highest BCUT2D eigenvalue weighted by Gasteiger charge is 2.28. The van der Waals surface area contributed by atoms with Crippen LogP contribution >= 0.6 is 12.2 Å². The highest BCUT2D eigenvalue weighted by atomic mass is 32.2. The molecule has 1 aromatic carbocycles. The Morgan fingerprint density at radius 3 is 2.39 bits per heavy atom. The van der Waals surface area contributed by atoms with E-state index in [0.29, 0.717) is 13.2 Å². The lowest BCUT2D eigenvalue weighted by atomic mass is 9.99. The van der Waals surface area contributed by atoms with Gasteiger partial charge in [0.15, 0.2) is 10.0 Å². The first-order chi connectivity index (χ1) is 13.5. The van der Waals surface area contributed by atoms with E-state index in [1.807, 2.05) is 0 Å². The molecule has 2 aliphatic carbocycles. The zero-order valence-electron chi connectivity index (χ0n) is 15.6. The molecule has 0 spiro atoms. The van der Waals surface area contributed by atoms with Gasteiger partial charge < -0.3 is 15.8 Å². The van der Waals surface area contributed by atoms with Crippen LogP contribution in [0.2, 0.25) is 0 Å². The number of nitrogens with zero attached hydrogens (tertiary/aromatic N) is 1. The second kappa shape index (κ2) is 7.71. The van der Waals surface area contributed by atoms with Gasteiger partial charge in [-0.3, -0.25) is 9.71 Å². The third kappa shape index (κ3) is 3.60. The fourth-order valence-electron chi connectivity index (χ4n) is 4.17. The van der Waals surface area contributed by atoms with Crippen LogP contribution < -0.4 is 15.8 Å². The Hall–Kier alpha value is -2.13. The Bertz CT molecular complexity index is 951. The molecular formula is C19H24N4O3S2. The van der Waals surface area contributed by atoms with Crippen molar-refractivity contribution in [2.75, 3.05) is 18.5 Å². The Morgan fingerprint density at radius 1 is 1.14 bits per heavy atom. The predicted molar refractivity (Wildman–Crippen MR) is 114 cm³/mol. The molecule has 0 aromatic heterocycles. The standard InChI is InChI=1S/C19H24N4O3S2/c20-11-16(18-21-8-3-9-26-18)28(24,25)23-19(27)22-17-14-6-1-4-12(14)10-13-5-2-7-15(13)17/h10-11H,1-9,20H2,(H2,22,23,27). The average Bonchev–Trinajstić information content (AvgIpc) is 3.31. The topological polar surface area (TPSA) is 106 Å². The second-order valence-corrected chi connectivity index (χ2v) is 9.27. The van der Waals surface area contributed by atoms with Gasteiger partial charge in [-0.25, -0.2) is 8.42 Å². The van der Waals surface area contributed by atoms with Gasteiger partial charge in [0.2, 0.25) is 5.90 Å². The summed E-state index contributed by atoms with van der Waals surface area (Å²) in [6, 6.07) is 2.32. The highest BCUT2D eigenvalue weighted by molar-refractivity contribution is 7.96. The van der Waals surface area contributed by atoms with Crippen molar-refractivity contribution in [2.45, 2.75) is 44.9 Å². The molecule has 4 N–H and O–H groups in total. The van der Waals surface area contributed by atoms with Crippen molar-refractivity contribution in [2.24, 2.45) is 10.7 Å². The van der Waals surface area contributed by atoms with E-state index < -0.39 is 10.0 Å². The molecule has 0 fully saturated rings. The molecule has 0 amide bonds. The largest absolute Gasteiger partial charge is 0.477 e. The van der Waals surface area contributed by atoms with Crippen LogP contribution in [0.3, 0.4) is 0 Å². The number of nitrogens with two attached hydrogens (primary N) is 1. The Balaban J connectivity index is 1.56. The van der Waals surface area contributed by atoms with Gasteiger partial charge in [0.1, 0.15) is 0 Å². The second-order valence-electron chi connectivity index (χ2n) is 7.21. The summed E-state index contributed by atoms with van der Waals surface area (Å²) in [6.45, 7) is 0.920. The van der Waals surface area contributed by atoms with Crippen LogP contribution in [-0.2, 0) is 40.4 Å². The number of hydrogen-bond donors (Lipinski definition) is 3. The van der Waals surface area contributed by atoms with E-state index in [4.69, 9.17) is 22.7 Å². The number of hydrogen-bond acceptors (Lipinski definition) is 6. The fraction of sp³-hybridized carbons (Fsp3) is 0.474. The number of aryl methyl sites for hydroxylation is 2. The molecule has 1 heterocycles. The molecule has 1 aromatic rings. The highest BCUT2D eigenvalue weighted by Crippen LogP contribution is 2.38. The molecule has 28 heavy (non-hydrogen) atoms. The molecule has 1 aliphatic heterocycles. The van der Waals surface area contributed by atoms with Gasteiger partial charge in [-0.15, -0.1) is 0 Å². The summed E-state index contributed by atoms with van der Waals surface area (Å²) >= 11 is 5.35. The first-order valence-corrected chi connectivity index (χ1v) is 11.5. The fourth-order valence-corrected chi connectivity index (χ4v) is 5.54. The number of rotatable bonds is 4. The van der Waals surface area contributed by atoms with Crippen LogP contribution in [0.15, 0.2) is 22.2 Å². The van der Waals surface area contributed by atoms with Gasteiger partial charge in [0.05, 0.1) is 6.61 Å². The van der Waals surface area contributed by atoms with Crippen LogP contribution in [0.25, 0.3) is 0 Å². The van der Waals surface area contributed by atoms with Crippen molar-refractivity contribution in [3.05, 3.63) is 39.4 Å². The predicted octanol–water partition coefficient (Wildman–Crippen LogP) is 1.90. The van der Waals surface area contributed by atoms with Gasteiger partial charge in [-0.2, -0.15) is 0 Å². The lowest BCUT2D eigenvalue weighted by molar-refractivity contribution is 0.284. The van der Waals surface area contributed by atoms with Crippen LogP contribution in [0, 0.1) is 0 Å². The summed E-state index contributed by atoms with van der Waals surface area (Å²) in [6.07, 6.45) is 8.06. The van der Waals surface area contributed by atoms with E-state index in [2.05, 4.69) is 21.1 Å². The summed E-state index contributed by atoms with van der Waals surface area (Å²) < 4.78 is 33.3. The van der Waals surface area contributed by atoms with Crippen molar-refractivity contribution in [3.8, 4) is 0 Å². The van der Waals surface area contributed by atoms with Gasteiger partial charge in [-0.1, -0.05) is 6.07 Å². The SMILES string of the molecule is NC=C(C1=NCCCO1)S(=O)(=O)NC(=S)Nc1c2c(cc3c1CCC3)CCC2. The van der Waals surface area contributed by atoms with E-state index in [-0.39, 0.29) is 15.9 Å². The van der Waals surface area contributed by atoms with E-state index in [1.54, 1.807) is 0 Å². The van der Waals surface area contributed by atoms with Gasteiger partial charge in [-0.05, 0) is 73.0 Å². The first-order valence-electron chi connectivity index (χ1n) is 9.59. The zero-order chi connectivity index (χ0) is 19.7. The van der Waals surface area contributed by atoms with Gasteiger partial charge in [0, 0.05) is 24.9 Å². The third-order valence-electron chi connectivity index (χ3n) is 5.39. The van der Waals surface area contributed by atoms with Crippen molar-refractivity contribution < 1.29 is 13.2 Å². The minimum atomic E-state index is -3.99. The number of aliphatic imine (C=N–C) groups is 1. The van der Waals surface area contributed by atoms with Crippen LogP contribution in [0.5, 0.6) is 0 Å². The summed E-state index contributed by atoms with van der Waals surface area (Å²) in [4.78, 5) is 3.92. The number of ether oxygens (including phenoxy) is 1. The first kappa shape index (κ1) is 19.2. The van der Waals surface area contributed by atoms with E-state index in [9.17, 15) is 8.42 Å².